The van der Waals surface area contributed by atoms with Gasteiger partial charge in [-0.3, -0.25) is 0 Å². The quantitative estimate of drug-likeness (QED) is 0.753. The van der Waals surface area contributed by atoms with Gasteiger partial charge in [0.1, 0.15) is 0 Å². The molecule has 22 heavy (non-hydrogen) atoms. The van der Waals surface area contributed by atoms with E-state index in [2.05, 4.69) is 20.6 Å². The van der Waals surface area contributed by atoms with Gasteiger partial charge < -0.3 is 20.6 Å². The van der Waals surface area contributed by atoms with E-state index in [1.807, 2.05) is 32.0 Å². The lowest BCUT2D eigenvalue weighted by Gasteiger charge is -2.27. The van der Waals surface area contributed by atoms with Gasteiger partial charge in [0.15, 0.2) is 0 Å². The number of rotatable bonds is 5. The minimum absolute atomic E-state index is 0.0161. The van der Waals surface area contributed by atoms with Crippen molar-refractivity contribution in [2.45, 2.75) is 44.7 Å². The highest BCUT2D eigenvalue weighted by atomic mass is 16.3. The summed E-state index contributed by atoms with van der Waals surface area (Å²) in [6.45, 7) is 2.22. The van der Waals surface area contributed by atoms with Crippen molar-refractivity contribution >= 4 is 12.0 Å². The average molecular weight is 307 g/mol. The molecule has 1 aliphatic carbocycles. The summed E-state index contributed by atoms with van der Waals surface area (Å²) in [4.78, 5) is 22.6. The molecule has 0 aromatic carbocycles. The van der Waals surface area contributed by atoms with Crippen molar-refractivity contribution < 1.29 is 9.90 Å². The van der Waals surface area contributed by atoms with Gasteiger partial charge in [-0.1, -0.05) is 12.8 Å². The van der Waals surface area contributed by atoms with Gasteiger partial charge in [0.2, 0.25) is 5.95 Å². The zero-order valence-electron chi connectivity index (χ0n) is 13.5. The predicted molar refractivity (Wildman–Crippen MR) is 84.8 cm³/mol. The monoisotopic (exact) mass is 307 g/mol. The molecule has 1 heterocycles. The topological polar surface area (TPSA) is 90.4 Å². The van der Waals surface area contributed by atoms with Crippen LogP contribution in [0.2, 0.25) is 0 Å². The van der Waals surface area contributed by atoms with E-state index in [1.54, 1.807) is 0 Å². The van der Waals surface area contributed by atoms with Crippen LogP contribution in [0.4, 0.5) is 10.7 Å². The second-order valence-corrected chi connectivity index (χ2v) is 6.15. The molecule has 2 rings (SSSR count). The molecule has 1 saturated carbocycles. The summed E-state index contributed by atoms with van der Waals surface area (Å²) in [5.74, 6) is 0.625. The van der Waals surface area contributed by atoms with E-state index in [1.165, 1.54) is 0 Å². The number of nitrogens with zero attached hydrogens (tertiary/aromatic N) is 3. The lowest BCUT2D eigenvalue weighted by Crippen LogP contribution is -2.52. The van der Waals surface area contributed by atoms with E-state index >= 15 is 0 Å². The van der Waals surface area contributed by atoms with Crippen molar-refractivity contribution in [3.8, 4) is 0 Å². The van der Waals surface area contributed by atoms with E-state index < -0.39 is 5.54 Å². The summed E-state index contributed by atoms with van der Waals surface area (Å²) in [7, 11) is 3.76. The largest absolute Gasteiger partial charge is 0.394 e. The maximum absolute atomic E-state index is 12.1. The molecular weight excluding hydrogens is 282 g/mol. The number of aliphatic hydroxyl groups excluding tert-OH is 1. The summed E-state index contributed by atoms with van der Waals surface area (Å²) in [6.07, 6.45) is 3.74. The Bertz CT molecular complexity index is 527. The first kappa shape index (κ1) is 16.5. The van der Waals surface area contributed by atoms with Crippen LogP contribution >= 0.6 is 0 Å². The van der Waals surface area contributed by atoms with Crippen LogP contribution in [0.15, 0.2) is 6.07 Å². The number of anilines is 1. The molecule has 7 heteroatoms. The summed E-state index contributed by atoms with van der Waals surface area (Å²) in [6, 6.07) is 1.59. The lowest BCUT2D eigenvalue weighted by molar-refractivity contribution is 0.162. The molecule has 2 amide bonds. The van der Waals surface area contributed by atoms with Gasteiger partial charge in [-0.15, -0.1) is 0 Å². The molecule has 0 unspecified atom stereocenters. The summed E-state index contributed by atoms with van der Waals surface area (Å²) in [5.41, 5.74) is 1.16. The molecular formula is C15H25N5O2. The molecule has 0 atom stereocenters. The number of urea groups is 1. The lowest BCUT2D eigenvalue weighted by atomic mass is 9.99. The van der Waals surface area contributed by atoms with Crippen LogP contribution in [0.3, 0.4) is 0 Å². The van der Waals surface area contributed by atoms with Gasteiger partial charge in [-0.05, 0) is 25.8 Å². The number of nitrogens with one attached hydrogen (secondary N) is 2. The van der Waals surface area contributed by atoms with E-state index in [0.29, 0.717) is 12.5 Å². The van der Waals surface area contributed by atoms with Gasteiger partial charge >= 0.3 is 6.03 Å². The Hall–Kier alpha value is -1.89. The normalized spacial score (nSPS) is 16.4. The number of hydrogen-bond donors (Lipinski definition) is 3. The first-order valence-corrected chi connectivity index (χ1v) is 7.63. The maximum Gasteiger partial charge on any atom is 0.315 e. The molecule has 122 valence electrons. The molecule has 1 fully saturated rings. The van der Waals surface area contributed by atoms with Crippen molar-refractivity contribution in [1.82, 2.24) is 20.6 Å². The van der Waals surface area contributed by atoms with Gasteiger partial charge in [-0.25, -0.2) is 14.8 Å². The fourth-order valence-corrected chi connectivity index (χ4v) is 2.74. The predicted octanol–water partition coefficient (Wildman–Crippen LogP) is 0.955. The molecule has 1 aliphatic rings. The Morgan fingerprint density at radius 1 is 1.36 bits per heavy atom. The minimum Gasteiger partial charge on any atom is -0.394 e. The number of aromatic nitrogens is 2. The second kappa shape index (κ2) is 6.91. The Balaban J connectivity index is 1.93. The molecule has 1 aromatic rings. The highest BCUT2D eigenvalue weighted by molar-refractivity contribution is 5.74. The fraction of sp³-hybridized carbons (Fsp3) is 0.667. The van der Waals surface area contributed by atoms with Crippen LogP contribution in [0.5, 0.6) is 0 Å². The van der Waals surface area contributed by atoms with Gasteiger partial charge in [0.05, 0.1) is 24.4 Å². The van der Waals surface area contributed by atoms with E-state index in [4.69, 9.17) is 0 Å². The molecule has 1 aromatic heterocycles. The fourth-order valence-electron chi connectivity index (χ4n) is 2.74. The Labute approximate surface area is 131 Å². The third kappa shape index (κ3) is 4.07. The minimum atomic E-state index is -0.458. The second-order valence-electron chi connectivity index (χ2n) is 6.15. The number of amides is 2. The summed E-state index contributed by atoms with van der Waals surface area (Å²) >= 11 is 0. The third-order valence-corrected chi connectivity index (χ3v) is 3.97. The Morgan fingerprint density at radius 3 is 2.64 bits per heavy atom. The van der Waals surface area contributed by atoms with E-state index in [-0.39, 0.29) is 12.6 Å². The van der Waals surface area contributed by atoms with E-state index in [9.17, 15) is 9.90 Å². The number of hydrogen-bond acceptors (Lipinski definition) is 5. The van der Waals surface area contributed by atoms with Crippen LogP contribution in [0, 0.1) is 6.92 Å². The molecule has 3 N–H and O–H groups in total. The first-order chi connectivity index (χ1) is 10.4. The highest BCUT2D eigenvalue weighted by Gasteiger charge is 2.34. The molecule has 0 saturated heterocycles. The van der Waals surface area contributed by atoms with Gasteiger partial charge in [-0.2, -0.15) is 0 Å². The van der Waals surface area contributed by atoms with Crippen molar-refractivity contribution in [2.75, 3.05) is 25.6 Å². The van der Waals surface area contributed by atoms with Crippen molar-refractivity contribution in [3.05, 3.63) is 17.5 Å². The average Bonchev–Trinajstić information content (AvgIpc) is 2.93. The number of aryl methyl sites for hydroxylation is 1. The maximum atomic E-state index is 12.1. The Morgan fingerprint density at radius 2 is 2.05 bits per heavy atom. The number of carbonyl (C=O) groups is 1. The van der Waals surface area contributed by atoms with Gasteiger partial charge in [0.25, 0.3) is 0 Å². The molecule has 0 radical (unpaired) electrons. The van der Waals surface area contributed by atoms with Crippen LogP contribution in [-0.2, 0) is 6.54 Å². The first-order valence-electron chi connectivity index (χ1n) is 7.63. The smallest absolute Gasteiger partial charge is 0.315 e. The number of carbonyl (C=O) groups excluding carboxylic acids is 1. The summed E-state index contributed by atoms with van der Waals surface area (Å²) in [5, 5.41) is 15.2. The van der Waals surface area contributed by atoms with Crippen LogP contribution in [0.1, 0.15) is 37.1 Å². The molecule has 0 spiro atoms. The Kier molecular flexibility index (Phi) is 5.18. The molecule has 0 bridgehead atoms. The molecule has 7 nitrogen and oxygen atoms in total. The van der Waals surface area contributed by atoms with E-state index in [0.717, 1.165) is 37.1 Å². The van der Waals surface area contributed by atoms with Gasteiger partial charge in [0, 0.05) is 19.8 Å². The third-order valence-electron chi connectivity index (χ3n) is 3.97. The van der Waals surface area contributed by atoms with Crippen molar-refractivity contribution in [3.63, 3.8) is 0 Å². The van der Waals surface area contributed by atoms with Crippen molar-refractivity contribution in [1.29, 1.82) is 0 Å². The SMILES string of the molecule is Cc1cc(CNC(=O)NC2(CO)CCCC2)nc(N(C)C)n1. The zero-order chi connectivity index (χ0) is 16.2. The van der Waals surface area contributed by atoms with Crippen LogP contribution in [0.25, 0.3) is 0 Å². The molecule has 0 aliphatic heterocycles. The highest BCUT2D eigenvalue weighted by Crippen LogP contribution is 2.28. The standard InChI is InChI=1S/C15H25N5O2/c1-11-8-12(18-13(17-11)20(2)3)9-16-14(22)19-15(10-21)6-4-5-7-15/h8,21H,4-7,9-10H2,1-3H3,(H2,16,19,22). The summed E-state index contributed by atoms with van der Waals surface area (Å²) < 4.78 is 0. The van der Waals surface area contributed by atoms with Crippen LogP contribution in [-0.4, -0.2) is 47.3 Å². The number of aliphatic hydroxyl groups is 1. The zero-order valence-corrected chi connectivity index (χ0v) is 13.5. The van der Waals surface area contributed by atoms with Crippen molar-refractivity contribution in [2.24, 2.45) is 0 Å². The van der Waals surface area contributed by atoms with Crippen LogP contribution < -0.4 is 15.5 Å².